The fraction of sp³-hybridized carbons (Fsp3) is 0.214. The minimum atomic E-state index is -0.707. The maximum absolute atomic E-state index is 12.3. The van der Waals surface area contributed by atoms with Crippen molar-refractivity contribution >= 4 is 5.91 Å². The Morgan fingerprint density at radius 2 is 1.95 bits per heavy atom. The number of nitrogens with zero attached hydrogens (tertiary/aromatic N) is 1. The fourth-order valence-corrected chi connectivity index (χ4v) is 2.47. The van der Waals surface area contributed by atoms with E-state index in [2.05, 4.69) is 4.98 Å². The molecule has 3 rings (SSSR count). The maximum atomic E-state index is 12.3. The van der Waals surface area contributed by atoms with E-state index in [-0.39, 0.29) is 11.4 Å². The Balaban J connectivity index is 1.90. The van der Waals surface area contributed by atoms with Crippen LogP contribution in [0.3, 0.4) is 0 Å². The van der Waals surface area contributed by atoms with Crippen LogP contribution in [0.1, 0.15) is 21.6 Å². The summed E-state index contributed by atoms with van der Waals surface area (Å²) in [6.07, 6.45) is 0.661. The van der Waals surface area contributed by atoms with Crippen LogP contribution in [0.25, 0.3) is 0 Å². The number of fused-ring (bicyclic) bond motifs is 1. The van der Waals surface area contributed by atoms with Gasteiger partial charge in [-0.2, -0.15) is 0 Å². The van der Waals surface area contributed by atoms with Gasteiger partial charge in [0.1, 0.15) is 11.4 Å². The third kappa shape index (κ3) is 2.58. The summed E-state index contributed by atoms with van der Waals surface area (Å²) in [4.78, 5) is 40.7. The summed E-state index contributed by atoms with van der Waals surface area (Å²) in [6.45, 7) is 0.822. The van der Waals surface area contributed by atoms with Gasteiger partial charge < -0.3 is 15.0 Å². The molecule has 0 saturated heterocycles. The van der Waals surface area contributed by atoms with Gasteiger partial charge in [0.25, 0.3) is 11.5 Å². The zero-order valence-electron chi connectivity index (χ0n) is 11.0. The number of phenols is 1. The van der Waals surface area contributed by atoms with Gasteiger partial charge in [0.2, 0.25) is 0 Å². The SMILES string of the molecule is O=C(c1cc(=O)[nH]c(=O)[nH]1)N1CCc2ccc(O)cc2C1. The Bertz CT molecular complexity index is 793. The number of hydrogen-bond acceptors (Lipinski definition) is 4. The first kappa shape index (κ1) is 13.2. The number of aromatic nitrogens is 2. The molecule has 2 heterocycles. The summed E-state index contributed by atoms with van der Waals surface area (Å²) >= 11 is 0. The topological polar surface area (TPSA) is 106 Å². The van der Waals surface area contributed by atoms with Crippen LogP contribution in [0.15, 0.2) is 33.9 Å². The van der Waals surface area contributed by atoms with Crippen molar-refractivity contribution in [1.82, 2.24) is 14.9 Å². The molecule has 7 heteroatoms. The second-order valence-electron chi connectivity index (χ2n) is 4.93. The van der Waals surface area contributed by atoms with Gasteiger partial charge in [-0.05, 0) is 29.7 Å². The number of amides is 1. The zero-order chi connectivity index (χ0) is 15.0. The number of rotatable bonds is 1. The highest BCUT2D eigenvalue weighted by atomic mass is 16.3. The van der Waals surface area contributed by atoms with Crippen LogP contribution in [0.4, 0.5) is 0 Å². The Kier molecular flexibility index (Phi) is 3.09. The lowest BCUT2D eigenvalue weighted by atomic mass is 9.99. The smallest absolute Gasteiger partial charge is 0.326 e. The largest absolute Gasteiger partial charge is 0.508 e. The van der Waals surface area contributed by atoms with Crippen LogP contribution in [-0.4, -0.2) is 32.4 Å². The summed E-state index contributed by atoms with van der Waals surface area (Å²) in [7, 11) is 0. The van der Waals surface area contributed by atoms with E-state index >= 15 is 0 Å². The Morgan fingerprint density at radius 3 is 2.71 bits per heavy atom. The molecule has 1 aromatic carbocycles. The maximum Gasteiger partial charge on any atom is 0.326 e. The lowest BCUT2D eigenvalue weighted by Gasteiger charge is -2.28. The quantitative estimate of drug-likeness (QED) is 0.684. The number of phenolic OH excluding ortho intramolecular Hbond substituents is 1. The van der Waals surface area contributed by atoms with Gasteiger partial charge >= 0.3 is 5.69 Å². The van der Waals surface area contributed by atoms with E-state index < -0.39 is 17.2 Å². The number of hydrogen-bond donors (Lipinski definition) is 3. The molecule has 3 N–H and O–H groups in total. The van der Waals surface area contributed by atoms with E-state index in [9.17, 15) is 19.5 Å². The van der Waals surface area contributed by atoms with Crippen molar-refractivity contribution in [2.45, 2.75) is 13.0 Å². The monoisotopic (exact) mass is 287 g/mol. The van der Waals surface area contributed by atoms with Crippen LogP contribution in [-0.2, 0) is 13.0 Å². The predicted octanol–water partition coefficient (Wildman–Crippen LogP) is -0.0327. The molecule has 21 heavy (non-hydrogen) atoms. The molecule has 0 spiro atoms. The van der Waals surface area contributed by atoms with Gasteiger partial charge in [-0.15, -0.1) is 0 Å². The number of carbonyl (C=O) groups excluding carboxylic acids is 1. The van der Waals surface area contributed by atoms with Crippen molar-refractivity contribution in [3.8, 4) is 5.75 Å². The first-order chi connectivity index (χ1) is 10.0. The Hall–Kier alpha value is -2.83. The van der Waals surface area contributed by atoms with Crippen LogP contribution in [0, 0.1) is 0 Å². The number of benzene rings is 1. The second kappa shape index (κ2) is 4.93. The third-order valence-electron chi connectivity index (χ3n) is 3.48. The third-order valence-corrected chi connectivity index (χ3v) is 3.48. The van der Waals surface area contributed by atoms with E-state index in [0.29, 0.717) is 19.5 Å². The van der Waals surface area contributed by atoms with Crippen molar-refractivity contribution in [3.05, 3.63) is 61.9 Å². The van der Waals surface area contributed by atoms with Crippen LogP contribution in [0.5, 0.6) is 5.75 Å². The molecule has 0 radical (unpaired) electrons. The molecule has 0 atom stereocenters. The standard InChI is InChI=1S/C14H13N3O4/c18-10-2-1-8-3-4-17(7-9(8)5-10)13(20)11-6-12(19)16-14(21)15-11/h1-2,5-6,18H,3-4,7H2,(H2,15,16,19,21). The number of H-pyrrole nitrogens is 2. The summed E-state index contributed by atoms with van der Waals surface area (Å²) in [6, 6.07) is 6.14. The molecule has 1 amide bonds. The molecule has 1 aliphatic heterocycles. The van der Waals surface area contributed by atoms with Crippen molar-refractivity contribution in [2.24, 2.45) is 0 Å². The minimum Gasteiger partial charge on any atom is -0.508 e. The molecule has 0 aliphatic carbocycles. The van der Waals surface area contributed by atoms with Gasteiger partial charge in [-0.25, -0.2) is 4.79 Å². The van der Waals surface area contributed by atoms with Gasteiger partial charge in [0, 0.05) is 19.2 Å². The van der Waals surface area contributed by atoms with Crippen LogP contribution >= 0.6 is 0 Å². The van der Waals surface area contributed by atoms with Gasteiger partial charge in [-0.1, -0.05) is 6.07 Å². The molecule has 0 unspecified atom stereocenters. The predicted molar refractivity (Wildman–Crippen MR) is 74.2 cm³/mol. The first-order valence-corrected chi connectivity index (χ1v) is 6.46. The van der Waals surface area contributed by atoms with Crippen LogP contribution < -0.4 is 11.2 Å². The highest BCUT2D eigenvalue weighted by Gasteiger charge is 2.23. The van der Waals surface area contributed by atoms with E-state index in [1.165, 1.54) is 4.90 Å². The fourth-order valence-electron chi connectivity index (χ4n) is 2.47. The number of carbonyl (C=O) groups is 1. The molecule has 0 saturated carbocycles. The molecule has 1 aromatic heterocycles. The molecular weight excluding hydrogens is 274 g/mol. The Morgan fingerprint density at radius 1 is 1.14 bits per heavy atom. The van der Waals surface area contributed by atoms with Gasteiger partial charge in [0.05, 0.1) is 0 Å². The summed E-state index contributed by atoms with van der Waals surface area (Å²) in [5.74, 6) is -0.264. The minimum absolute atomic E-state index is 0.0349. The molecule has 0 bridgehead atoms. The number of aromatic hydroxyl groups is 1. The lowest BCUT2D eigenvalue weighted by molar-refractivity contribution is 0.0727. The highest BCUT2D eigenvalue weighted by Crippen LogP contribution is 2.23. The van der Waals surface area contributed by atoms with Crippen molar-refractivity contribution in [3.63, 3.8) is 0 Å². The molecular formula is C14H13N3O4. The Labute approximate surface area is 118 Å². The number of nitrogens with one attached hydrogen (secondary N) is 2. The second-order valence-corrected chi connectivity index (χ2v) is 4.93. The van der Waals surface area contributed by atoms with E-state index in [0.717, 1.165) is 17.2 Å². The first-order valence-electron chi connectivity index (χ1n) is 6.46. The van der Waals surface area contributed by atoms with Crippen LogP contribution in [0.2, 0.25) is 0 Å². The van der Waals surface area contributed by atoms with Gasteiger partial charge in [-0.3, -0.25) is 14.6 Å². The van der Waals surface area contributed by atoms with E-state index in [1.807, 2.05) is 11.1 Å². The van der Waals surface area contributed by atoms with E-state index in [1.54, 1.807) is 12.1 Å². The van der Waals surface area contributed by atoms with E-state index in [4.69, 9.17) is 0 Å². The van der Waals surface area contributed by atoms with Crippen molar-refractivity contribution < 1.29 is 9.90 Å². The molecule has 108 valence electrons. The summed E-state index contributed by atoms with van der Waals surface area (Å²) < 4.78 is 0. The normalized spacial score (nSPS) is 13.8. The average Bonchev–Trinajstić information content (AvgIpc) is 2.44. The van der Waals surface area contributed by atoms with Gasteiger partial charge in [0.15, 0.2) is 0 Å². The number of aromatic amines is 2. The average molecular weight is 287 g/mol. The lowest BCUT2D eigenvalue weighted by Crippen LogP contribution is -2.38. The summed E-state index contributed by atoms with van der Waals surface area (Å²) in [5.41, 5.74) is 0.587. The van der Waals surface area contributed by atoms with Crippen molar-refractivity contribution in [2.75, 3.05) is 6.54 Å². The molecule has 2 aromatic rings. The zero-order valence-corrected chi connectivity index (χ0v) is 11.0. The molecule has 0 fully saturated rings. The highest BCUT2D eigenvalue weighted by molar-refractivity contribution is 5.92. The van der Waals surface area contributed by atoms with Crippen molar-refractivity contribution in [1.29, 1.82) is 0 Å². The summed E-state index contributed by atoms with van der Waals surface area (Å²) in [5, 5.41) is 9.51. The molecule has 1 aliphatic rings. The molecule has 7 nitrogen and oxygen atoms in total.